The number of imidazole rings is 1. The van der Waals surface area contributed by atoms with Crippen LogP contribution in [0.5, 0.6) is 0 Å². The maximum atomic E-state index is 6.39. The fourth-order valence-corrected chi connectivity index (χ4v) is 3.86. The Bertz CT molecular complexity index is 659. The number of alkyl halides is 1. The van der Waals surface area contributed by atoms with E-state index in [1.807, 2.05) is 6.92 Å². The Morgan fingerprint density at radius 2 is 2.14 bits per heavy atom. The summed E-state index contributed by atoms with van der Waals surface area (Å²) in [7, 11) is 4.37. The van der Waals surface area contributed by atoms with Crippen LogP contribution in [-0.4, -0.2) is 34.1 Å². The topological polar surface area (TPSA) is 21.1 Å². The first-order valence-electron chi connectivity index (χ1n) is 7.40. The Kier molecular flexibility index (Phi) is 4.23. The van der Waals surface area contributed by atoms with E-state index in [0.717, 1.165) is 17.9 Å². The molecule has 5 heteroatoms. The molecule has 0 N–H and O–H groups in total. The molecule has 3 nitrogen and oxygen atoms in total. The maximum absolute atomic E-state index is 6.39. The number of halogens is 2. The lowest BCUT2D eigenvalue weighted by molar-refractivity contribution is 0.0427. The standard InChI is InChI=1S/C16H21ClIN3/c1-11(17)15-19-13-9-12(18)5-6-14(13)21(15)10-16(20(2)3)7-4-8-16/h5-6,9,11H,4,7-8,10H2,1-3H3. The second-order valence-corrected chi connectivity index (χ2v) is 8.18. The van der Waals surface area contributed by atoms with Gasteiger partial charge in [-0.05, 0) is 81.1 Å². The molecule has 1 aromatic carbocycles. The van der Waals surface area contributed by atoms with Gasteiger partial charge in [-0.15, -0.1) is 11.6 Å². The Hall–Kier alpha value is -0.330. The minimum atomic E-state index is -0.0747. The summed E-state index contributed by atoms with van der Waals surface area (Å²) in [4.78, 5) is 7.16. The van der Waals surface area contributed by atoms with E-state index in [9.17, 15) is 0 Å². The number of benzene rings is 1. The summed E-state index contributed by atoms with van der Waals surface area (Å²) < 4.78 is 3.55. The molecule has 0 amide bonds. The van der Waals surface area contributed by atoms with Crippen molar-refractivity contribution < 1.29 is 0 Å². The highest BCUT2D eigenvalue weighted by molar-refractivity contribution is 14.1. The SMILES string of the molecule is CC(Cl)c1nc2cc(I)ccc2n1CC1(N(C)C)CCC1. The van der Waals surface area contributed by atoms with Gasteiger partial charge in [0.1, 0.15) is 5.82 Å². The van der Waals surface area contributed by atoms with Gasteiger partial charge >= 0.3 is 0 Å². The summed E-state index contributed by atoms with van der Waals surface area (Å²) in [5.41, 5.74) is 2.51. The summed E-state index contributed by atoms with van der Waals surface area (Å²) in [6.07, 6.45) is 3.81. The Morgan fingerprint density at radius 3 is 2.67 bits per heavy atom. The molecular formula is C16H21ClIN3. The average molecular weight is 418 g/mol. The van der Waals surface area contributed by atoms with Crippen LogP contribution in [0.2, 0.25) is 0 Å². The molecule has 3 rings (SSSR count). The summed E-state index contributed by atoms with van der Waals surface area (Å²) in [6.45, 7) is 2.98. The molecule has 21 heavy (non-hydrogen) atoms. The molecule has 1 aliphatic carbocycles. The highest BCUT2D eigenvalue weighted by Crippen LogP contribution is 2.39. The van der Waals surface area contributed by atoms with Crippen LogP contribution in [0, 0.1) is 3.57 Å². The summed E-state index contributed by atoms with van der Waals surface area (Å²) in [5.74, 6) is 0.988. The van der Waals surface area contributed by atoms with Crippen molar-refractivity contribution in [3.8, 4) is 0 Å². The van der Waals surface area contributed by atoms with Crippen LogP contribution in [0.15, 0.2) is 18.2 Å². The van der Waals surface area contributed by atoms with Crippen LogP contribution in [0.1, 0.15) is 37.4 Å². The smallest absolute Gasteiger partial charge is 0.127 e. The Labute approximate surface area is 144 Å². The molecule has 0 saturated heterocycles. The first-order chi connectivity index (χ1) is 9.93. The highest BCUT2D eigenvalue weighted by atomic mass is 127. The third-order valence-electron chi connectivity index (χ3n) is 4.78. The van der Waals surface area contributed by atoms with Gasteiger partial charge in [0.05, 0.1) is 16.4 Å². The van der Waals surface area contributed by atoms with Gasteiger partial charge in [0, 0.05) is 15.7 Å². The van der Waals surface area contributed by atoms with Crippen LogP contribution in [0.3, 0.4) is 0 Å². The van der Waals surface area contributed by atoms with Gasteiger partial charge in [-0.25, -0.2) is 4.98 Å². The van der Waals surface area contributed by atoms with Gasteiger partial charge in [0.25, 0.3) is 0 Å². The summed E-state index contributed by atoms with van der Waals surface area (Å²) in [6, 6.07) is 6.46. The lowest BCUT2D eigenvalue weighted by atomic mass is 9.75. The second-order valence-electron chi connectivity index (χ2n) is 6.28. The third kappa shape index (κ3) is 2.70. The van der Waals surface area contributed by atoms with Gasteiger partial charge in [0.15, 0.2) is 0 Å². The largest absolute Gasteiger partial charge is 0.325 e. The van der Waals surface area contributed by atoms with Crippen molar-refractivity contribution >= 4 is 45.2 Å². The minimum absolute atomic E-state index is 0.0747. The lowest BCUT2D eigenvalue weighted by Crippen LogP contribution is -2.53. The average Bonchev–Trinajstić information content (AvgIpc) is 2.71. The molecule has 1 atom stereocenters. The fraction of sp³-hybridized carbons (Fsp3) is 0.562. The fourth-order valence-electron chi connectivity index (χ4n) is 3.22. The van der Waals surface area contributed by atoms with Crippen molar-refractivity contribution in [2.75, 3.05) is 14.1 Å². The predicted octanol–water partition coefficient (Wildman–Crippen LogP) is 4.43. The predicted molar refractivity (Wildman–Crippen MR) is 97.0 cm³/mol. The Balaban J connectivity index is 2.09. The van der Waals surface area contributed by atoms with E-state index in [-0.39, 0.29) is 10.9 Å². The lowest BCUT2D eigenvalue weighted by Gasteiger charge is -2.48. The van der Waals surface area contributed by atoms with E-state index < -0.39 is 0 Å². The van der Waals surface area contributed by atoms with Crippen molar-refractivity contribution in [3.63, 3.8) is 0 Å². The molecule has 0 radical (unpaired) electrons. The van der Waals surface area contributed by atoms with Crippen LogP contribution >= 0.6 is 34.2 Å². The molecule has 1 heterocycles. The maximum Gasteiger partial charge on any atom is 0.127 e. The minimum Gasteiger partial charge on any atom is -0.325 e. The highest BCUT2D eigenvalue weighted by Gasteiger charge is 2.40. The van der Waals surface area contributed by atoms with Crippen LogP contribution in [-0.2, 0) is 6.54 Å². The van der Waals surface area contributed by atoms with E-state index in [0.29, 0.717) is 0 Å². The molecular weight excluding hydrogens is 397 g/mol. The van der Waals surface area contributed by atoms with Gasteiger partial charge in [-0.1, -0.05) is 0 Å². The van der Waals surface area contributed by atoms with Gasteiger partial charge in [0.2, 0.25) is 0 Å². The number of nitrogens with zero attached hydrogens (tertiary/aromatic N) is 3. The van der Waals surface area contributed by atoms with Crippen molar-refractivity contribution in [3.05, 3.63) is 27.6 Å². The van der Waals surface area contributed by atoms with Gasteiger partial charge in [-0.2, -0.15) is 0 Å². The molecule has 1 fully saturated rings. The summed E-state index contributed by atoms with van der Waals surface area (Å²) >= 11 is 8.72. The first kappa shape index (κ1) is 15.6. The normalized spacial score (nSPS) is 19.0. The molecule has 0 aliphatic heterocycles. The number of fused-ring (bicyclic) bond motifs is 1. The van der Waals surface area contributed by atoms with Gasteiger partial charge < -0.3 is 9.47 Å². The zero-order valence-corrected chi connectivity index (χ0v) is 15.6. The summed E-state index contributed by atoms with van der Waals surface area (Å²) in [5, 5.41) is -0.0747. The number of rotatable bonds is 4. The number of hydrogen-bond donors (Lipinski definition) is 0. The van der Waals surface area contributed by atoms with Gasteiger partial charge in [-0.3, -0.25) is 0 Å². The van der Waals surface area contributed by atoms with E-state index in [2.05, 4.69) is 64.4 Å². The van der Waals surface area contributed by atoms with E-state index in [4.69, 9.17) is 16.6 Å². The molecule has 0 spiro atoms. The first-order valence-corrected chi connectivity index (χ1v) is 8.92. The van der Waals surface area contributed by atoms with Crippen LogP contribution in [0.25, 0.3) is 11.0 Å². The van der Waals surface area contributed by atoms with Crippen LogP contribution in [0.4, 0.5) is 0 Å². The van der Waals surface area contributed by atoms with Crippen molar-refractivity contribution in [2.24, 2.45) is 0 Å². The number of hydrogen-bond acceptors (Lipinski definition) is 2. The van der Waals surface area contributed by atoms with E-state index >= 15 is 0 Å². The van der Waals surface area contributed by atoms with E-state index in [1.165, 1.54) is 28.3 Å². The Morgan fingerprint density at radius 1 is 1.43 bits per heavy atom. The number of likely N-dealkylation sites (N-methyl/N-ethyl adjacent to an activating group) is 1. The monoisotopic (exact) mass is 417 g/mol. The molecule has 1 unspecified atom stereocenters. The molecule has 1 aromatic heterocycles. The second kappa shape index (κ2) is 5.70. The number of aromatic nitrogens is 2. The van der Waals surface area contributed by atoms with E-state index in [1.54, 1.807) is 0 Å². The zero-order chi connectivity index (χ0) is 15.2. The van der Waals surface area contributed by atoms with Crippen molar-refractivity contribution in [1.82, 2.24) is 14.5 Å². The molecule has 1 aliphatic rings. The molecule has 2 aromatic rings. The van der Waals surface area contributed by atoms with Crippen molar-refractivity contribution in [2.45, 2.75) is 43.6 Å². The zero-order valence-electron chi connectivity index (χ0n) is 12.7. The van der Waals surface area contributed by atoms with Crippen molar-refractivity contribution in [1.29, 1.82) is 0 Å². The van der Waals surface area contributed by atoms with Crippen LogP contribution < -0.4 is 0 Å². The third-order valence-corrected chi connectivity index (χ3v) is 5.65. The molecule has 1 saturated carbocycles. The molecule has 0 bridgehead atoms. The quantitative estimate of drug-likeness (QED) is 0.542. The molecule has 114 valence electrons.